The van der Waals surface area contributed by atoms with Gasteiger partial charge in [-0.15, -0.1) is 11.3 Å². The van der Waals surface area contributed by atoms with Crippen molar-refractivity contribution in [1.29, 1.82) is 5.26 Å². The molecule has 176 valence electrons. The van der Waals surface area contributed by atoms with Crippen LogP contribution in [-0.2, 0) is 22.4 Å². The van der Waals surface area contributed by atoms with Gasteiger partial charge >= 0.3 is 5.97 Å². The zero-order chi connectivity index (χ0) is 24.4. The Morgan fingerprint density at radius 2 is 2.00 bits per heavy atom. The second-order valence-electron chi connectivity index (χ2n) is 8.50. The first-order valence-electron chi connectivity index (χ1n) is 11.7. The van der Waals surface area contributed by atoms with Crippen LogP contribution in [0.1, 0.15) is 52.5 Å². The van der Waals surface area contributed by atoms with Crippen molar-refractivity contribution < 1.29 is 14.3 Å². The number of nitrogens with zero attached hydrogens (tertiary/aromatic N) is 2. The van der Waals surface area contributed by atoms with Crippen molar-refractivity contribution in [2.45, 2.75) is 45.1 Å². The lowest BCUT2D eigenvalue weighted by atomic mass is 9.96. The van der Waals surface area contributed by atoms with Crippen molar-refractivity contribution in [3.63, 3.8) is 0 Å². The minimum absolute atomic E-state index is 0.314. The monoisotopic (exact) mass is 484 g/mol. The van der Waals surface area contributed by atoms with E-state index in [2.05, 4.69) is 21.4 Å². The number of benzene rings is 2. The number of aromatic amines is 1. The van der Waals surface area contributed by atoms with Crippen LogP contribution in [0.2, 0.25) is 0 Å². The molecule has 4 aromatic rings. The molecule has 0 saturated heterocycles. The van der Waals surface area contributed by atoms with Crippen molar-refractivity contribution in [2.24, 2.45) is 0 Å². The highest BCUT2D eigenvalue weighted by atomic mass is 32.1. The number of carbonyl (C=O) groups excluding carboxylic acids is 2. The number of H-pyrrole nitrogens is 1. The zero-order valence-electron chi connectivity index (χ0n) is 19.3. The van der Waals surface area contributed by atoms with Gasteiger partial charge in [0.25, 0.3) is 5.91 Å². The van der Waals surface area contributed by atoms with Gasteiger partial charge in [-0.25, -0.2) is 9.78 Å². The standard InChI is InChI=1S/C27H24N4O3S/c1-2-22(25(32)31-26-19(15-28)18-10-6-7-11-23(18)35-26)34-27(33)17-12-13-20-21(14-17)30-24(29-20)16-8-4-3-5-9-16/h3-5,8-9,12-14,22H,2,6-7,10-11H2,1H3,(H,29,30)(H,31,32). The molecule has 1 unspecified atom stereocenters. The first-order valence-corrected chi connectivity index (χ1v) is 12.5. The van der Waals surface area contributed by atoms with Crippen molar-refractivity contribution in [3.05, 3.63) is 70.1 Å². The van der Waals surface area contributed by atoms with Crippen LogP contribution >= 0.6 is 11.3 Å². The summed E-state index contributed by atoms with van der Waals surface area (Å²) in [6.07, 6.45) is 3.28. The van der Waals surface area contributed by atoms with Crippen LogP contribution in [0.4, 0.5) is 5.00 Å². The smallest absolute Gasteiger partial charge is 0.338 e. The number of ether oxygens (including phenoxy) is 1. The zero-order valence-corrected chi connectivity index (χ0v) is 20.1. The van der Waals surface area contributed by atoms with Crippen LogP contribution in [0.5, 0.6) is 0 Å². The Bertz CT molecular complexity index is 1450. The number of esters is 1. The van der Waals surface area contributed by atoms with Gasteiger partial charge in [0.2, 0.25) is 0 Å². The quantitative estimate of drug-likeness (QED) is 0.346. The van der Waals surface area contributed by atoms with E-state index >= 15 is 0 Å². The van der Waals surface area contributed by atoms with Gasteiger partial charge in [-0.1, -0.05) is 37.3 Å². The summed E-state index contributed by atoms with van der Waals surface area (Å²) in [6.45, 7) is 1.78. The van der Waals surface area contributed by atoms with Gasteiger partial charge < -0.3 is 15.0 Å². The van der Waals surface area contributed by atoms with E-state index in [-0.39, 0.29) is 0 Å². The minimum atomic E-state index is -0.967. The lowest BCUT2D eigenvalue weighted by Crippen LogP contribution is -2.32. The Labute approximate surface area is 206 Å². The maximum Gasteiger partial charge on any atom is 0.338 e. The number of fused-ring (bicyclic) bond motifs is 2. The van der Waals surface area contributed by atoms with Gasteiger partial charge in [0, 0.05) is 10.4 Å². The van der Waals surface area contributed by atoms with Gasteiger partial charge in [0.15, 0.2) is 6.10 Å². The number of imidazole rings is 1. The van der Waals surface area contributed by atoms with E-state index in [1.807, 2.05) is 30.3 Å². The lowest BCUT2D eigenvalue weighted by molar-refractivity contribution is -0.124. The van der Waals surface area contributed by atoms with Crippen molar-refractivity contribution >= 4 is 39.2 Å². The average Bonchev–Trinajstić information content (AvgIpc) is 3.47. The van der Waals surface area contributed by atoms with E-state index in [1.165, 1.54) is 11.3 Å². The number of nitriles is 1. The molecule has 8 heteroatoms. The fourth-order valence-corrected chi connectivity index (χ4v) is 5.60. The predicted molar refractivity (Wildman–Crippen MR) is 135 cm³/mol. The van der Waals surface area contributed by atoms with Gasteiger partial charge in [-0.3, -0.25) is 4.79 Å². The van der Waals surface area contributed by atoms with E-state index in [0.717, 1.165) is 47.2 Å². The number of amides is 1. The maximum absolute atomic E-state index is 13.0. The summed E-state index contributed by atoms with van der Waals surface area (Å²) in [6, 6.07) is 17.1. The normalized spacial score (nSPS) is 13.6. The summed E-state index contributed by atoms with van der Waals surface area (Å²) in [5.74, 6) is -0.301. The Hall–Kier alpha value is -3.96. The molecule has 0 radical (unpaired) electrons. The molecular weight excluding hydrogens is 460 g/mol. The fraction of sp³-hybridized carbons (Fsp3) is 0.259. The summed E-state index contributed by atoms with van der Waals surface area (Å²) in [7, 11) is 0. The Kier molecular flexibility index (Phi) is 6.34. The first-order chi connectivity index (χ1) is 17.1. The molecular formula is C27H24N4O3S. The Morgan fingerprint density at radius 3 is 2.77 bits per heavy atom. The van der Waals surface area contributed by atoms with Crippen LogP contribution in [-0.4, -0.2) is 27.9 Å². The highest BCUT2D eigenvalue weighted by molar-refractivity contribution is 7.16. The number of thiophene rings is 1. The van der Waals surface area contributed by atoms with Crippen molar-refractivity contribution in [2.75, 3.05) is 5.32 Å². The van der Waals surface area contributed by atoms with Gasteiger partial charge in [0.05, 0.1) is 22.2 Å². The average molecular weight is 485 g/mol. The molecule has 2 N–H and O–H groups in total. The van der Waals surface area contributed by atoms with E-state index in [1.54, 1.807) is 25.1 Å². The number of aryl methyl sites for hydroxylation is 1. The number of anilines is 1. The molecule has 1 aliphatic rings. The summed E-state index contributed by atoms with van der Waals surface area (Å²) in [4.78, 5) is 34.8. The topological polar surface area (TPSA) is 108 Å². The third-order valence-electron chi connectivity index (χ3n) is 6.20. The molecule has 2 aromatic heterocycles. The van der Waals surface area contributed by atoms with Crippen LogP contribution in [0.25, 0.3) is 22.4 Å². The Balaban J connectivity index is 1.31. The number of hydrogen-bond acceptors (Lipinski definition) is 6. The maximum atomic E-state index is 13.0. The molecule has 5 rings (SSSR count). The minimum Gasteiger partial charge on any atom is -0.449 e. The SMILES string of the molecule is CCC(OC(=O)c1ccc2nc(-c3ccccc3)[nH]c2c1)C(=O)Nc1sc2c(c1C#N)CCCC2. The number of aromatic nitrogens is 2. The van der Waals surface area contributed by atoms with Crippen LogP contribution in [0.3, 0.4) is 0 Å². The highest BCUT2D eigenvalue weighted by Gasteiger charge is 2.26. The molecule has 35 heavy (non-hydrogen) atoms. The fourth-order valence-electron chi connectivity index (χ4n) is 4.35. The summed E-state index contributed by atoms with van der Waals surface area (Å²) >= 11 is 1.45. The molecule has 2 aromatic carbocycles. The third kappa shape index (κ3) is 4.55. The van der Waals surface area contributed by atoms with Crippen molar-refractivity contribution in [3.8, 4) is 17.5 Å². The van der Waals surface area contributed by atoms with E-state index < -0.39 is 18.0 Å². The van der Waals surface area contributed by atoms with Gasteiger partial charge in [-0.2, -0.15) is 5.26 Å². The molecule has 0 saturated carbocycles. The molecule has 0 fully saturated rings. The molecule has 1 amide bonds. The second kappa shape index (κ2) is 9.72. The van der Waals surface area contributed by atoms with Gasteiger partial charge in [-0.05, 0) is 55.9 Å². The summed E-state index contributed by atoms with van der Waals surface area (Å²) in [5, 5.41) is 13.0. The molecule has 0 aliphatic heterocycles. The lowest BCUT2D eigenvalue weighted by Gasteiger charge is -2.15. The first kappa shape index (κ1) is 22.8. The largest absolute Gasteiger partial charge is 0.449 e. The number of carbonyl (C=O) groups is 2. The summed E-state index contributed by atoms with van der Waals surface area (Å²) < 4.78 is 5.57. The molecule has 0 spiro atoms. The highest BCUT2D eigenvalue weighted by Crippen LogP contribution is 2.37. The van der Waals surface area contributed by atoms with E-state index in [4.69, 9.17) is 4.74 Å². The third-order valence-corrected chi connectivity index (χ3v) is 7.40. The van der Waals surface area contributed by atoms with Crippen molar-refractivity contribution in [1.82, 2.24) is 9.97 Å². The number of nitrogens with one attached hydrogen (secondary N) is 2. The Morgan fingerprint density at radius 1 is 1.20 bits per heavy atom. The predicted octanol–water partition coefficient (Wildman–Crippen LogP) is 5.62. The molecule has 2 heterocycles. The molecule has 0 bridgehead atoms. The van der Waals surface area contributed by atoms with Crippen LogP contribution in [0, 0.1) is 11.3 Å². The van der Waals surface area contributed by atoms with Crippen LogP contribution in [0.15, 0.2) is 48.5 Å². The summed E-state index contributed by atoms with van der Waals surface area (Å²) in [5.41, 5.74) is 4.30. The molecule has 1 atom stereocenters. The number of hydrogen-bond donors (Lipinski definition) is 2. The second-order valence-corrected chi connectivity index (χ2v) is 9.61. The van der Waals surface area contributed by atoms with E-state index in [0.29, 0.717) is 33.9 Å². The van der Waals surface area contributed by atoms with E-state index in [9.17, 15) is 14.9 Å². The number of rotatable bonds is 6. The van der Waals surface area contributed by atoms with Crippen LogP contribution < -0.4 is 5.32 Å². The van der Waals surface area contributed by atoms with Gasteiger partial charge in [0.1, 0.15) is 16.9 Å². The molecule has 1 aliphatic carbocycles. The molecule has 7 nitrogen and oxygen atoms in total.